The van der Waals surface area contributed by atoms with Crippen molar-refractivity contribution in [3.63, 3.8) is 0 Å². The summed E-state index contributed by atoms with van der Waals surface area (Å²) in [4.78, 5) is 91.9. The summed E-state index contributed by atoms with van der Waals surface area (Å²) in [5, 5.41) is 26.0. The van der Waals surface area contributed by atoms with Crippen LogP contribution in [-0.4, -0.2) is 108 Å². The van der Waals surface area contributed by atoms with Crippen LogP contribution in [0.4, 0.5) is 0 Å². The van der Waals surface area contributed by atoms with E-state index in [1.54, 1.807) is 13.8 Å². The number of carbonyl (C=O) groups excluding carboxylic acids is 7. The summed E-state index contributed by atoms with van der Waals surface area (Å²) in [6.07, 6.45) is 3.40. The molecule has 0 saturated heterocycles. The SMILES string of the molecule is CC[C@H](C)[C@H](NC(=O)[C@H](CCCCN)NC(=O)[C@H](CCCCN)NC(=O)[C@@H](NC(=O)[C@H](CCCCN)NC(=O)[C@@H](NC(C)=O)[C@@H](C)O)[C@@H](C)CC)C(N)=O. The van der Waals surface area contributed by atoms with Crippen molar-refractivity contribution in [2.45, 2.75) is 155 Å². The van der Waals surface area contributed by atoms with Crippen LogP contribution in [0.25, 0.3) is 0 Å². The van der Waals surface area contributed by atoms with Crippen LogP contribution >= 0.6 is 0 Å². The van der Waals surface area contributed by atoms with Gasteiger partial charge in [0.15, 0.2) is 0 Å². The Kier molecular flexibility index (Phi) is 25.7. The van der Waals surface area contributed by atoms with Crippen molar-refractivity contribution in [3.8, 4) is 0 Å². The van der Waals surface area contributed by atoms with E-state index >= 15 is 0 Å². The van der Waals surface area contributed by atoms with Crippen molar-refractivity contribution in [3.05, 3.63) is 0 Å². The average Bonchev–Trinajstić information content (AvgIpc) is 3.12. The number of nitrogens with two attached hydrogens (primary N) is 4. The largest absolute Gasteiger partial charge is 0.391 e. The fourth-order valence-electron chi connectivity index (χ4n) is 5.64. The summed E-state index contributed by atoms with van der Waals surface area (Å²) in [7, 11) is 0. The van der Waals surface area contributed by atoms with Crippen LogP contribution in [0, 0.1) is 11.8 Å². The van der Waals surface area contributed by atoms with Gasteiger partial charge in [-0.1, -0.05) is 40.5 Å². The molecule has 0 aliphatic heterocycles. The number of amides is 7. The van der Waals surface area contributed by atoms with Gasteiger partial charge in [0.1, 0.15) is 36.3 Å². The lowest BCUT2D eigenvalue weighted by Gasteiger charge is -2.30. The normalized spacial score (nSPS) is 16.2. The third-order valence-corrected chi connectivity index (χ3v) is 9.47. The molecular weight excluding hydrogens is 700 g/mol. The van der Waals surface area contributed by atoms with E-state index in [2.05, 4.69) is 31.9 Å². The van der Waals surface area contributed by atoms with Crippen molar-refractivity contribution in [2.75, 3.05) is 19.6 Å². The molecular formula is C36H70N10O8. The number of hydrogen-bond donors (Lipinski definition) is 11. The standard InChI is InChI=1S/C36H70N10O8/c1-7-21(3)28(31(40)49)45-33(51)26(16-10-13-19-38)42-32(50)25(15-9-12-18-37)43-35(53)29(22(4)8-2)46-34(52)27(17-11-14-20-39)44-36(54)30(23(5)47)41-24(6)48/h21-23,25-30,47H,7-20,37-39H2,1-6H3,(H2,40,49)(H,41,48)(H,42,50)(H,43,53)(H,44,54)(H,45,51)(H,46,52)/t21-,22-,23+,25-,26-,27-,28-,29-,30-/m0/s1. The quantitative estimate of drug-likeness (QED) is 0.0380. The summed E-state index contributed by atoms with van der Waals surface area (Å²) in [6, 6.07) is -6.75. The number of aliphatic hydroxyl groups excluding tert-OH is 1. The topological polar surface area (TPSA) is 316 Å². The fraction of sp³-hybridized carbons (Fsp3) is 0.806. The van der Waals surface area contributed by atoms with Crippen molar-refractivity contribution in [1.29, 1.82) is 0 Å². The molecule has 18 nitrogen and oxygen atoms in total. The third kappa shape index (κ3) is 18.9. The number of primary amides is 1. The summed E-state index contributed by atoms with van der Waals surface area (Å²) < 4.78 is 0. The molecule has 312 valence electrons. The zero-order valence-electron chi connectivity index (χ0n) is 33.2. The molecule has 9 atom stereocenters. The Bertz CT molecular complexity index is 1190. The molecule has 0 unspecified atom stereocenters. The highest BCUT2D eigenvalue weighted by atomic mass is 16.3. The lowest BCUT2D eigenvalue weighted by atomic mass is 9.96. The Hall–Kier alpha value is -3.87. The van der Waals surface area contributed by atoms with Gasteiger partial charge in [-0.3, -0.25) is 33.6 Å². The van der Waals surface area contributed by atoms with E-state index in [4.69, 9.17) is 22.9 Å². The van der Waals surface area contributed by atoms with Crippen molar-refractivity contribution >= 4 is 41.4 Å². The molecule has 0 aromatic carbocycles. The molecule has 0 aliphatic carbocycles. The summed E-state index contributed by atoms with van der Waals surface area (Å²) >= 11 is 0. The highest BCUT2D eigenvalue weighted by Crippen LogP contribution is 2.13. The van der Waals surface area contributed by atoms with Gasteiger partial charge in [-0.05, 0) is 96.2 Å². The average molecular weight is 771 g/mol. The lowest BCUT2D eigenvalue weighted by molar-refractivity contribution is -0.136. The fourth-order valence-corrected chi connectivity index (χ4v) is 5.64. The van der Waals surface area contributed by atoms with E-state index in [9.17, 15) is 38.7 Å². The first-order valence-corrected chi connectivity index (χ1v) is 19.4. The maximum atomic E-state index is 14.0. The Balaban J connectivity index is 6.38. The zero-order valence-corrected chi connectivity index (χ0v) is 33.2. The number of carbonyl (C=O) groups is 7. The third-order valence-electron chi connectivity index (χ3n) is 9.47. The molecule has 15 N–H and O–H groups in total. The monoisotopic (exact) mass is 771 g/mol. The highest BCUT2D eigenvalue weighted by Gasteiger charge is 2.35. The second-order valence-corrected chi connectivity index (χ2v) is 14.1. The number of hydrogen-bond acceptors (Lipinski definition) is 11. The Morgan fingerprint density at radius 1 is 0.500 bits per heavy atom. The summed E-state index contributed by atoms with van der Waals surface area (Å²) in [5.74, 6) is -5.30. The van der Waals surface area contributed by atoms with Gasteiger partial charge in [0.25, 0.3) is 0 Å². The molecule has 54 heavy (non-hydrogen) atoms. The number of unbranched alkanes of at least 4 members (excludes halogenated alkanes) is 3. The van der Waals surface area contributed by atoms with E-state index in [0.29, 0.717) is 71.0 Å². The molecule has 0 bridgehead atoms. The molecule has 0 aromatic heterocycles. The van der Waals surface area contributed by atoms with Crippen LogP contribution in [0.3, 0.4) is 0 Å². The van der Waals surface area contributed by atoms with Crippen LogP contribution in [-0.2, 0) is 33.6 Å². The number of rotatable bonds is 29. The van der Waals surface area contributed by atoms with E-state index < -0.39 is 89.6 Å². The van der Waals surface area contributed by atoms with Gasteiger partial charge in [-0.25, -0.2) is 0 Å². The van der Waals surface area contributed by atoms with Crippen molar-refractivity contribution in [1.82, 2.24) is 31.9 Å². The second kappa shape index (κ2) is 27.7. The first-order valence-electron chi connectivity index (χ1n) is 19.4. The van der Waals surface area contributed by atoms with Crippen molar-refractivity contribution in [2.24, 2.45) is 34.8 Å². The summed E-state index contributed by atoms with van der Waals surface area (Å²) in [5.41, 5.74) is 22.6. The maximum absolute atomic E-state index is 14.0. The molecule has 0 radical (unpaired) electrons. The van der Waals surface area contributed by atoms with E-state index in [1.807, 2.05) is 13.8 Å². The van der Waals surface area contributed by atoms with Crippen LogP contribution in [0.5, 0.6) is 0 Å². The van der Waals surface area contributed by atoms with Gasteiger partial charge in [0.05, 0.1) is 6.10 Å². The van der Waals surface area contributed by atoms with Gasteiger partial charge in [-0.15, -0.1) is 0 Å². The lowest BCUT2D eigenvalue weighted by Crippen LogP contribution is -2.61. The predicted molar refractivity (Wildman–Crippen MR) is 206 cm³/mol. The van der Waals surface area contributed by atoms with Crippen molar-refractivity contribution < 1.29 is 38.7 Å². The minimum Gasteiger partial charge on any atom is -0.391 e. The Labute approximate surface area is 320 Å². The molecule has 0 fully saturated rings. The molecule has 0 aromatic rings. The van der Waals surface area contributed by atoms with E-state index in [1.165, 1.54) is 13.8 Å². The predicted octanol–water partition coefficient (Wildman–Crippen LogP) is -1.74. The molecule has 0 heterocycles. The molecule has 0 saturated carbocycles. The first kappa shape index (κ1) is 50.1. The van der Waals surface area contributed by atoms with Gasteiger partial charge < -0.3 is 59.9 Å². The van der Waals surface area contributed by atoms with Gasteiger partial charge in [0.2, 0.25) is 41.4 Å². The van der Waals surface area contributed by atoms with Crippen LogP contribution in [0.1, 0.15) is 112 Å². The Morgan fingerprint density at radius 2 is 0.833 bits per heavy atom. The molecule has 7 amide bonds. The first-order chi connectivity index (χ1) is 25.5. The molecule has 0 aliphatic rings. The Morgan fingerprint density at radius 3 is 1.17 bits per heavy atom. The van der Waals surface area contributed by atoms with Gasteiger partial charge in [0, 0.05) is 6.92 Å². The smallest absolute Gasteiger partial charge is 0.245 e. The maximum Gasteiger partial charge on any atom is 0.245 e. The molecule has 0 spiro atoms. The van der Waals surface area contributed by atoms with E-state index in [-0.39, 0.29) is 25.2 Å². The van der Waals surface area contributed by atoms with Gasteiger partial charge >= 0.3 is 0 Å². The zero-order chi connectivity index (χ0) is 41.4. The summed E-state index contributed by atoms with van der Waals surface area (Å²) in [6.45, 7) is 10.8. The minimum absolute atomic E-state index is 0.154. The second-order valence-electron chi connectivity index (χ2n) is 14.1. The van der Waals surface area contributed by atoms with Gasteiger partial charge in [-0.2, -0.15) is 0 Å². The van der Waals surface area contributed by atoms with Crippen LogP contribution < -0.4 is 54.8 Å². The molecule has 0 rings (SSSR count). The van der Waals surface area contributed by atoms with E-state index in [0.717, 1.165) is 0 Å². The molecule has 18 heteroatoms. The minimum atomic E-state index is -1.33. The highest BCUT2D eigenvalue weighted by molar-refractivity contribution is 5.97. The number of nitrogens with one attached hydrogen (secondary N) is 6. The number of aliphatic hydroxyl groups is 1. The van der Waals surface area contributed by atoms with Crippen LogP contribution in [0.15, 0.2) is 0 Å². The van der Waals surface area contributed by atoms with Crippen LogP contribution in [0.2, 0.25) is 0 Å².